The molecule has 0 spiro atoms. The first kappa shape index (κ1) is 8.19. The Bertz CT molecular complexity index is 447. The molecule has 0 atom stereocenters. The molecule has 4 heteroatoms. The van der Waals surface area contributed by atoms with E-state index in [-0.39, 0.29) is 12.4 Å². The fourth-order valence-corrected chi connectivity index (χ4v) is 1.38. The molecule has 1 aromatic carbocycles. The third-order valence-corrected chi connectivity index (χ3v) is 2.16. The predicted octanol–water partition coefficient (Wildman–Crippen LogP) is 1.47. The highest BCUT2D eigenvalue weighted by atomic mass is 19.1. The second-order valence-electron chi connectivity index (χ2n) is 2.99. The van der Waals surface area contributed by atoms with E-state index in [9.17, 15) is 4.39 Å². The number of H-pyrrole nitrogens is 1. The van der Waals surface area contributed by atoms with Gasteiger partial charge in [-0.05, 0) is 6.92 Å². The number of aromatic amines is 1. The van der Waals surface area contributed by atoms with Gasteiger partial charge in [0.25, 0.3) is 0 Å². The van der Waals surface area contributed by atoms with Crippen molar-refractivity contribution >= 4 is 10.9 Å². The van der Waals surface area contributed by atoms with Gasteiger partial charge in [-0.2, -0.15) is 5.10 Å². The molecule has 3 nitrogen and oxygen atoms in total. The highest BCUT2D eigenvalue weighted by Crippen LogP contribution is 2.20. The number of rotatable bonds is 1. The normalized spacial score (nSPS) is 11.0. The lowest BCUT2D eigenvalue weighted by molar-refractivity contribution is 0.619. The van der Waals surface area contributed by atoms with Gasteiger partial charge in [0.05, 0.1) is 0 Å². The maximum Gasteiger partial charge on any atom is 0.155 e. The maximum absolute atomic E-state index is 13.5. The smallest absolute Gasteiger partial charge is 0.155 e. The van der Waals surface area contributed by atoms with Gasteiger partial charge in [-0.1, -0.05) is 12.1 Å². The molecule has 3 N–H and O–H groups in total. The van der Waals surface area contributed by atoms with Crippen molar-refractivity contribution in [3.63, 3.8) is 0 Å². The van der Waals surface area contributed by atoms with Crippen LogP contribution in [0.25, 0.3) is 10.9 Å². The number of halogens is 1. The van der Waals surface area contributed by atoms with Crippen LogP contribution >= 0.6 is 0 Å². The summed E-state index contributed by atoms with van der Waals surface area (Å²) in [6.07, 6.45) is 0. The lowest BCUT2D eigenvalue weighted by Gasteiger charge is -1.98. The van der Waals surface area contributed by atoms with Crippen molar-refractivity contribution in [2.24, 2.45) is 5.73 Å². The average molecular weight is 179 g/mol. The van der Waals surface area contributed by atoms with Crippen LogP contribution in [0.4, 0.5) is 4.39 Å². The molecule has 2 rings (SSSR count). The number of benzene rings is 1. The minimum Gasteiger partial charge on any atom is -0.326 e. The summed E-state index contributed by atoms with van der Waals surface area (Å²) in [6.45, 7) is 2.06. The van der Waals surface area contributed by atoms with E-state index in [0.717, 1.165) is 11.1 Å². The Balaban J connectivity index is 2.80. The molecule has 0 fully saturated rings. The Morgan fingerprint density at radius 1 is 1.54 bits per heavy atom. The molecule has 0 bridgehead atoms. The van der Waals surface area contributed by atoms with Crippen molar-refractivity contribution in [1.29, 1.82) is 0 Å². The van der Waals surface area contributed by atoms with Crippen LogP contribution in [0.3, 0.4) is 0 Å². The van der Waals surface area contributed by atoms with Crippen LogP contribution in [0.1, 0.15) is 11.3 Å². The number of nitrogens with one attached hydrogen (secondary N) is 1. The first-order chi connectivity index (χ1) is 6.24. The molecule has 13 heavy (non-hydrogen) atoms. The Labute approximate surface area is 74.7 Å². The van der Waals surface area contributed by atoms with Gasteiger partial charge in [0.15, 0.2) is 5.82 Å². The quantitative estimate of drug-likeness (QED) is 0.696. The molecule has 0 aliphatic rings. The Hall–Kier alpha value is -1.42. The highest BCUT2D eigenvalue weighted by molar-refractivity contribution is 5.82. The molecule has 1 aromatic heterocycles. The monoisotopic (exact) mass is 179 g/mol. The summed E-state index contributed by atoms with van der Waals surface area (Å²) in [5.74, 6) is -0.315. The summed E-state index contributed by atoms with van der Waals surface area (Å²) in [5.41, 5.74) is 7.12. The molecule has 0 saturated heterocycles. The molecule has 0 saturated carbocycles. The largest absolute Gasteiger partial charge is 0.326 e. The number of hydrogen-bond donors (Lipinski definition) is 2. The van der Waals surface area contributed by atoms with Gasteiger partial charge in [-0.25, -0.2) is 4.39 Å². The van der Waals surface area contributed by atoms with E-state index in [1.54, 1.807) is 6.07 Å². The Kier molecular flexibility index (Phi) is 1.77. The third kappa shape index (κ3) is 1.10. The van der Waals surface area contributed by atoms with E-state index < -0.39 is 0 Å². The van der Waals surface area contributed by atoms with Gasteiger partial charge >= 0.3 is 0 Å². The van der Waals surface area contributed by atoms with Gasteiger partial charge in [0.1, 0.15) is 5.52 Å². The SMILES string of the molecule is Cc1[nH]nc2c(F)c(CN)ccc12. The number of nitrogens with two attached hydrogens (primary N) is 1. The molecule has 0 unspecified atom stereocenters. The van der Waals surface area contributed by atoms with Crippen molar-refractivity contribution in [2.75, 3.05) is 0 Å². The van der Waals surface area contributed by atoms with E-state index in [1.165, 1.54) is 0 Å². The number of hydrogen-bond acceptors (Lipinski definition) is 2. The number of fused-ring (bicyclic) bond motifs is 1. The zero-order valence-corrected chi connectivity index (χ0v) is 7.26. The summed E-state index contributed by atoms with van der Waals surface area (Å²) in [6, 6.07) is 3.53. The molecule has 0 aliphatic carbocycles. The van der Waals surface area contributed by atoms with E-state index in [1.807, 2.05) is 13.0 Å². The van der Waals surface area contributed by atoms with Crippen LogP contribution in [0.2, 0.25) is 0 Å². The molecule has 0 aliphatic heterocycles. The molecule has 0 amide bonds. The van der Waals surface area contributed by atoms with Gasteiger partial charge in [-0.3, -0.25) is 5.10 Å². The average Bonchev–Trinajstić information content (AvgIpc) is 2.50. The summed E-state index contributed by atoms with van der Waals surface area (Å²) in [5, 5.41) is 7.42. The zero-order chi connectivity index (χ0) is 9.42. The van der Waals surface area contributed by atoms with Crippen LogP contribution in [0, 0.1) is 12.7 Å². The van der Waals surface area contributed by atoms with E-state index in [2.05, 4.69) is 10.2 Å². The second-order valence-corrected chi connectivity index (χ2v) is 2.99. The molecular weight excluding hydrogens is 169 g/mol. The van der Waals surface area contributed by atoms with E-state index in [0.29, 0.717) is 11.1 Å². The maximum atomic E-state index is 13.5. The first-order valence-electron chi connectivity index (χ1n) is 4.06. The number of nitrogens with zero attached hydrogens (tertiary/aromatic N) is 1. The topological polar surface area (TPSA) is 54.7 Å². The minimum atomic E-state index is -0.315. The fraction of sp³-hybridized carbons (Fsp3) is 0.222. The van der Waals surface area contributed by atoms with Crippen LogP contribution < -0.4 is 5.73 Å². The minimum absolute atomic E-state index is 0.202. The number of aryl methyl sites for hydroxylation is 1. The van der Waals surface area contributed by atoms with E-state index in [4.69, 9.17) is 5.73 Å². The summed E-state index contributed by atoms with van der Waals surface area (Å²) in [4.78, 5) is 0. The van der Waals surface area contributed by atoms with Gasteiger partial charge < -0.3 is 5.73 Å². The zero-order valence-electron chi connectivity index (χ0n) is 7.26. The van der Waals surface area contributed by atoms with Crippen molar-refractivity contribution in [3.8, 4) is 0 Å². The highest BCUT2D eigenvalue weighted by Gasteiger charge is 2.09. The lowest BCUT2D eigenvalue weighted by atomic mass is 10.1. The summed E-state index contributed by atoms with van der Waals surface area (Å²) >= 11 is 0. The van der Waals surface area contributed by atoms with Crippen molar-refractivity contribution in [3.05, 3.63) is 29.2 Å². The Morgan fingerprint density at radius 3 is 3.00 bits per heavy atom. The molecule has 68 valence electrons. The van der Waals surface area contributed by atoms with Crippen molar-refractivity contribution in [2.45, 2.75) is 13.5 Å². The van der Waals surface area contributed by atoms with Gasteiger partial charge in [0.2, 0.25) is 0 Å². The first-order valence-corrected chi connectivity index (χ1v) is 4.06. The van der Waals surface area contributed by atoms with Crippen LogP contribution in [-0.2, 0) is 6.54 Å². The van der Waals surface area contributed by atoms with Crippen LogP contribution in [0.5, 0.6) is 0 Å². The van der Waals surface area contributed by atoms with Crippen molar-refractivity contribution < 1.29 is 4.39 Å². The predicted molar refractivity (Wildman–Crippen MR) is 48.7 cm³/mol. The van der Waals surface area contributed by atoms with Crippen LogP contribution in [-0.4, -0.2) is 10.2 Å². The van der Waals surface area contributed by atoms with Gasteiger partial charge in [0, 0.05) is 23.2 Å². The molecule has 0 radical (unpaired) electrons. The van der Waals surface area contributed by atoms with Crippen LogP contribution in [0.15, 0.2) is 12.1 Å². The van der Waals surface area contributed by atoms with Gasteiger partial charge in [-0.15, -0.1) is 0 Å². The molecular formula is C9H10FN3. The molecule has 1 heterocycles. The summed E-state index contributed by atoms with van der Waals surface area (Å²) in [7, 11) is 0. The second kappa shape index (κ2) is 2.81. The van der Waals surface area contributed by atoms with E-state index >= 15 is 0 Å². The Morgan fingerprint density at radius 2 is 2.31 bits per heavy atom. The molecule has 2 aromatic rings. The lowest BCUT2D eigenvalue weighted by Crippen LogP contribution is -1.99. The fourth-order valence-electron chi connectivity index (χ4n) is 1.38. The summed E-state index contributed by atoms with van der Waals surface area (Å²) < 4.78 is 13.5. The standard InChI is InChI=1S/C9H10FN3/c1-5-7-3-2-6(4-11)8(10)9(7)13-12-5/h2-3H,4,11H2,1H3,(H,12,13). The third-order valence-electron chi connectivity index (χ3n) is 2.16. The van der Waals surface area contributed by atoms with Crippen molar-refractivity contribution in [1.82, 2.24) is 10.2 Å². The number of aromatic nitrogens is 2.